The second-order valence-electron chi connectivity index (χ2n) is 5.60. The highest BCUT2D eigenvalue weighted by Gasteiger charge is 2.22. The lowest BCUT2D eigenvalue weighted by atomic mass is 9.82. The van der Waals surface area contributed by atoms with Crippen LogP contribution in [0.5, 0.6) is 0 Å². The van der Waals surface area contributed by atoms with Crippen molar-refractivity contribution in [2.75, 3.05) is 6.54 Å². The number of hydrogen-bond acceptors (Lipinski definition) is 1. The van der Waals surface area contributed by atoms with Crippen LogP contribution >= 0.6 is 15.9 Å². The van der Waals surface area contributed by atoms with Gasteiger partial charge < -0.3 is 5.32 Å². The maximum Gasteiger partial charge on any atom is 0.137 e. The van der Waals surface area contributed by atoms with Crippen LogP contribution in [0.15, 0.2) is 22.7 Å². The van der Waals surface area contributed by atoms with Crippen molar-refractivity contribution in [3.63, 3.8) is 0 Å². The van der Waals surface area contributed by atoms with E-state index in [4.69, 9.17) is 0 Å². The molecule has 1 fully saturated rings. The van der Waals surface area contributed by atoms with E-state index in [-0.39, 0.29) is 5.82 Å². The van der Waals surface area contributed by atoms with Crippen molar-refractivity contribution in [1.82, 2.24) is 5.32 Å². The molecule has 2 atom stereocenters. The van der Waals surface area contributed by atoms with Gasteiger partial charge in [-0.05, 0) is 65.7 Å². The van der Waals surface area contributed by atoms with Crippen LogP contribution in [0.2, 0.25) is 0 Å². The van der Waals surface area contributed by atoms with Gasteiger partial charge in [0.25, 0.3) is 0 Å². The highest BCUT2D eigenvalue weighted by Crippen LogP contribution is 2.30. The zero-order valence-electron chi connectivity index (χ0n) is 11.6. The molecule has 0 amide bonds. The van der Waals surface area contributed by atoms with Gasteiger partial charge >= 0.3 is 0 Å². The lowest BCUT2D eigenvalue weighted by molar-refractivity contribution is 0.284. The van der Waals surface area contributed by atoms with Crippen LogP contribution in [0, 0.1) is 11.7 Å². The molecule has 1 nitrogen and oxygen atoms in total. The largest absolute Gasteiger partial charge is 0.314 e. The van der Waals surface area contributed by atoms with E-state index < -0.39 is 0 Å². The molecule has 19 heavy (non-hydrogen) atoms. The standard InChI is InChI=1S/C16H23BrFN/c1-2-9-19-14-7-3-5-12(11-14)10-13-6-4-8-15(18)16(13)17/h4,6,8,12,14,19H,2-3,5,7,9-11H2,1H3. The molecule has 1 saturated carbocycles. The molecule has 0 aliphatic heterocycles. The summed E-state index contributed by atoms with van der Waals surface area (Å²) in [5, 5.41) is 3.63. The summed E-state index contributed by atoms with van der Waals surface area (Å²) in [6, 6.07) is 6.02. The van der Waals surface area contributed by atoms with Gasteiger partial charge in [-0.15, -0.1) is 0 Å². The summed E-state index contributed by atoms with van der Waals surface area (Å²) in [5.74, 6) is 0.537. The first kappa shape index (κ1) is 15.0. The molecule has 0 saturated heterocycles. The fraction of sp³-hybridized carbons (Fsp3) is 0.625. The van der Waals surface area contributed by atoms with E-state index in [2.05, 4.69) is 28.2 Å². The number of nitrogens with one attached hydrogen (secondary N) is 1. The summed E-state index contributed by atoms with van der Waals surface area (Å²) in [7, 11) is 0. The SMILES string of the molecule is CCCNC1CCCC(Cc2cccc(F)c2Br)C1. The minimum Gasteiger partial charge on any atom is -0.314 e. The molecule has 3 heteroatoms. The third-order valence-corrected chi connectivity index (χ3v) is 4.89. The van der Waals surface area contributed by atoms with Gasteiger partial charge in [0.15, 0.2) is 0 Å². The summed E-state index contributed by atoms with van der Waals surface area (Å²) in [5.41, 5.74) is 1.11. The second kappa shape index (κ2) is 7.39. The Morgan fingerprint density at radius 2 is 2.21 bits per heavy atom. The quantitative estimate of drug-likeness (QED) is 0.827. The first-order valence-electron chi connectivity index (χ1n) is 7.37. The van der Waals surface area contributed by atoms with Gasteiger partial charge in [-0.25, -0.2) is 4.39 Å². The first-order valence-corrected chi connectivity index (χ1v) is 8.16. The molecular weight excluding hydrogens is 305 g/mol. The molecule has 0 radical (unpaired) electrons. The molecule has 106 valence electrons. The molecule has 1 aliphatic rings. The summed E-state index contributed by atoms with van der Waals surface area (Å²) < 4.78 is 14.2. The zero-order valence-corrected chi connectivity index (χ0v) is 13.2. The van der Waals surface area contributed by atoms with Crippen molar-refractivity contribution < 1.29 is 4.39 Å². The molecular formula is C16H23BrFN. The smallest absolute Gasteiger partial charge is 0.137 e. The molecule has 1 aromatic rings. The molecule has 0 aromatic heterocycles. The highest BCUT2D eigenvalue weighted by molar-refractivity contribution is 9.10. The van der Waals surface area contributed by atoms with Crippen molar-refractivity contribution in [3.8, 4) is 0 Å². The van der Waals surface area contributed by atoms with E-state index in [0.29, 0.717) is 16.4 Å². The van der Waals surface area contributed by atoms with E-state index in [9.17, 15) is 4.39 Å². The van der Waals surface area contributed by atoms with Crippen LogP contribution in [0.4, 0.5) is 4.39 Å². The van der Waals surface area contributed by atoms with Crippen molar-refractivity contribution in [2.24, 2.45) is 5.92 Å². The van der Waals surface area contributed by atoms with Crippen LogP contribution in [0.1, 0.15) is 44.6 Å². The Morgan fingerprint density at radius 1 is 1.37 bits per heavy atom. The summed E-state index contributed by atoms with van der Waals surface area (Å²) in [4.78, 5) is 0. The average Bonchev–Trinajstić information content (AvgIpc) is 2.42. The maximum absolute atomic E-state index is 13.5. The third-order valence-electron chi connectivity index (χ3n) is 4.01. The Hall–Kier alpha value is -0.410. The van der Waals surface area contributed by atoms with E-state index >= 15 is 0 Å². The number of rotatable bonds is 5. The highest BCUT2D eigenvalue weighted by atomic mass is 79.9. The molecule has 1 aromatic carbocycles. The predicted molar refractivity (Wildman–Crippen MR) is 81.8 cm³/mol. The Bertz CT molecular complexity index is 408. The number of hydrogen-bond donors (Lipinski definition) is 1. The summed E-state index contributed by atoms with van der Waals surface area (Å²) >= 11 is 3.37. The Labute approximate surface area is 124 Å². The molecule has 0 spiro atoms. The van der Waals surface area contributed by atoms with Gasteiger partial charge in [0.1, 0.15) is 5.82 Å². The van der Waals surface area contributed by atoms with Gasteiger partial charge in [0.05, 0.1) is 4.47 Å². The fourth-order valence-corrected chi connectivity index (χ4v) is 3.45. The molecule has 0 bridgehead atoms. The number of benzene rings is 1. The van der Waals surface area contributed by atoms with E-state index in [1.165, 1.54) is 38.2 Å². The van der Waals surface area contributed by atoms with Gasteiger partial charge in [0, 0.05) is 6.04 Å². The van der Waals surface area contributed by atoms with E-state index in [0.717, 1.165) is 18.5 Å². The van der Waals surface area contributed by atoms with Crippen LogP contribution in [0.3, 0.4) is 0 Å². The molecule has 0 heterocycles. The zero-order chi connectivity index (χ0) is 13.7. The van der Waals surface area contributed by atoms with Crippen LogP contribution in [0.25, 0.3) is 0 Å². The Balaban J connectivity index is 1.93. The normalized spacial score (nSPS) is 23.5. The van der Waals surface area contributed by atoms with Gasteiger partial charge in [-0.3, -0.25) is 0 Å². The summed E-state index contributed by atoms with van der Waals surface area (Å²) in [6.07, 6.45) is 7.26. The first-order chi connectivity index (χ1) is 9.20. The van der Waals surface area contributed by atoms with Gasteiger partial charge in [0.2, 0.25) is 0 Å². The van der Waals surface area contributed by atoms with Crippen LogP contribution < -0.4 is 5.32 Å². The van der Waals surface area contributed by atoms with E-state index in [1.807, 2.05) is 12.1 Å². The number of halogens is 2. The topological polar surface area (TPSA) is 12.0 Å². The molecule has 2 rings (SSSR count). The van der Waals surface area contributed by atoms with Crippen LogP contribution in [-0.4, -0.2) is 12.6 Å². The predicted octanol–water partition coefficient (Wildman–Crippen LogP) is 4.69. The maximum atomic E-state index is 13.5. The van der Waals surface area contributed by atoms with E-state index in [1.54, 1.807) is 0 Å². The minimum atomic E-state index is -0.144. The lowest BCUT2D eigenvalue weighted by Gasteiger charge is -2.30. The van der Waals surface area contributed by atoms with Crippen molar-refractivity contribution in [2.45, 2.75) is 51.5 Å². The second-order valence-corrected chi connectivity index (χ2v) is 6.39. The average molecular weight is 328 g/mol. The molecule has 1 N–H and O–H groups in total. The van der Waals surface area contributed by atoms with Crippen molar-refractivity contribution in [3.05, 3.63) is 34.1 Å². The van der Waals surface area contributed by atoms with Crippen LogP contribution in [-0.2, 0) is 6.42 Å². The van der Waals surface area contributed by atoms with Gasteiger partial charge in [-0.1, -0.05) is 31.9 Å². The Kier molecular flexibility index (Phi) is 5.83. The van der Waals surface area contributed by atoms with Crippen molar-refractivity contribution >= 4 is 15.9 Å². The minimum absolute atomic E-state index is 0.144. The molecule has 2 unspecified atom stereocenters. The van der Waals surface area contributed by atoms with Crippen molar-refractivity contribution in [1.29, 1.82) is 0 Å². The fourth-order valence-electron chi connectivity index (χ4n) is 3.03. The van der Waals surface area contributed by atoms with Gasteiger partial charge in [-0.2, -0.15) is 0 Å². The monoisotopic (exact) mass is 327 g/mol. The third kappa shape index (κ3) is 4.28. The lowest BCUT2D eigenvalue weighted by Crippen LogP contribution is -2.35. The Morgan fingerprint density at radius 3 is 3.00 bits per heavy atom. The molecule has 1 aliphatic carbocycles. The summed E-state index contributed by atoms with van der Waals surface area (Å²) in [6.45, 7) is 3.32.